The fourth-order valence-electron chi connectivity index (χ4n) is 3.29. The Balaban J connectivity index is 0.00000150. The number of hydrogen-bond donors (Lipinski definition) is 0. The molecule has 29 heavy (non-hydrogen) atoms. The van der Waals surface area contributed by atoms with E-state index in [0.717, 1.165) is 34.4 Å². The van der Waals surface area contributed by atoms with E-state index in [2.05, 4.69) is 99.6 Å². The predicted octanol–water partition coefficient (Wildman–Crippen LogP) is 6.31. The van der Waals surface area contributed by atoms with Gasteiger partial charge in [-0.1, -0.05) is 52.3 Å². The molecule has 0 amide bonds. The van der Waals surface area contributed by atoms with Crippen molar-refractivity contribution in [3.8, 4) is 11.1 Å². The highest BCUT2D eigenvalue weighted by molar-refractivity contribution is 9.10. The van der Waals surface area contributed by atoms with Crippen LogP contribution in [0, 0.1) is 0 Å². The van der Waals surface area contributed by atoms with Crippen molar-refractivity contribution < 1.29 is 0 Å². The number of hydrogen-bond acceptors (Lipinski definition) is 3. The maximum Gasteiger partial charge on any atom is 0.0668 e. The molecule has 0 unspecified atom stereocenters. The van der Waals surface area contributed by atoms with E-state index in [1.165, 1.54) is 16.8 Å². The van der Waals surface area contributed by atoms with Crippen LogP contribution in [0.15, 0.2) is 82.5 Å². The molecule has 4 rings (SSSR count). The van der Waals surface area contributed by atoms with Gasteiger partial charge in [0.2, 0.25) is 0 Å². The van der Waals surface area contributed by atoms with Crippen molar-refractivity contribution in [1.82, 2.24) is 4.98 Å². The molecule has 0 aliphatic carbocycles. The molecule has 1 aliphatic rings. The Bertz CT molecular complexity index is 1020. The van der Waals surface area contributed by atoms with Gasteiger partial charge in [0.05, 0.1) is 12.3 Å². The molecule has 3 aromatic rings. The minimum Gasteiger partial charge on any atom is -0.372 e. The zero-order chi connectivity index (χ0) is 18.6. The molecule has 3 nitrogen and oxygen atoms in total. The van der Waals surface area contributed by atoms with Gasteiger partial charge in [-0.25, -0.2) is 0 Å². The van der Waals surface area contributed by atoms with Gasteiger partial charge in [-0.05, 0) is 41.5 Å². The van der Waals surface area contributed by atoms with Crippen molar-refractivity contribution in [3.63, 3.8) is 0 Å². The summed E-state index contributed by atoms with van der Waals surface area (Å²) in [5.74, 6) is 0. The van der Waals surface area contributed by atoms with Crippen molar-refractivity contribution in [2.24, 2.45) is 4.99 Å². The summed E-state index contributed by atoms with van der Waals surface area (Å²) < 4.78 is 1.07. The van der Waals surface area contributed by atoms with Gasteiger partial charge < -0.3 is 4.90 Å². The minimum absolute atomic E-state index is 0. The number of fused-ring (bicyclic) bond motifs is 1. The maximum absolute atomic E-state index is 4.81. The fraction of sp³-hybridized carbons (Fsp3) is 0.130. The molecule has 0 saturated carbocycles. The average molecular weight is 491 g/mol. The number of allylic oxidation sites excluding steroid dienone is 1. The second-order valence-corrected chi connectivity index (χ2v) is 7.42. The van der Waals surface area contributed by atoms with Crippen LogP contribution in [0.5, 0.6) is 0 Å². The summed E-state index contributed by atoms with van der Waals surface area (Å²) in [6, 6.07) is 18.8. The number of halogens is 3. The van der Waals surface area contributed by atoms with Gasteiger partial charge in [0, 0.05) is 47.3 Å². The summed E-state index contributed by atoms with van der Waals surface area (Å²) >= 11 is 3.50. The maximum atomic E-state index is 4.81. The number of rotatable bonds is 3. The molecule has 0 bridgehead atoms. The smallest absolute Gasteiger partial charge is 0.0668 e. The summed E-state index contributed by atoms with van der Waals surface area (Å²) in [4.78, 5) is 11.4. The summed E-state index contributed by atoms with van der Waals surface area (Å²) in [5.41, 5.74) is 6.82. The molecule has 1 aromatic heterocycles. The van der Waals surface area contributed by atoms with Gasteiger partial charge in [0.25, 0.3) is 0 Å². The van der Waals surface area contributed by atoms with Crippen molar-refractivity contribution in [2.75, 3.05) is 25.0 Å². The number of pyridine rings is 1. The topological polar surface area (TPSA) is 28.5 Å². The molecule has 0 N–H and O–H groups in total. The standard InChI is InChI=1S/C23H20BrN3.2ClH/c1-27-15-14-26-22(21-4-2-3-5-23(21)27)11-8-18-16-25-13-12-20(18)17-6-9-19(24)10-7-17;;/h2-13,16H,14-15H2,1H3;2*1H. The summed E-state index contributed by atoms with van der Waals surface area (Å²) in [5, 5.41) is 0. The number of anilines is 1. The normalized spacial score (nSPS) is 13.0. The van der Waals surface area contributed by atoms with Crippen molar-refractivity contribution in [3.05, 3.63) is 88.7 Å². The second-order valence-electron chi connectivity index (χ2n) is 6.51. The van der Waals surface area contributed by atoms with E-state index in [0.29, 0.717) is 0 Å². The molecule has 2 aromatic carbocycles. The van der Waals surface area contributed by atoms with Crippen molar-refractivity contribution in [2.45, 2.75) is 0 Å². The molecular formula is C23H22BrCl2N3. The Morgan fingerprint density at radius 2 is 1.69 bits per heavy atom. The second kappa shape index (κ2) is 10.6. The lowest BCUT2D eigenvalue weighted by atomic mass is 10.0. The third-order valence-electron chi connectivity index (χ3n) is 4.74. The van der Waals surface area contributed by atoms with Gasteiger partial charge in [-0.2, -0.15) is 0 Å². The first-order valence-electron chi connectivity index (χ1n) is 8.95. The van der Waals surface area contributed by atoms with Crippen LogP contribution in [-0.4, -0.2) is 30.8 Å². The Hall–Kier alpha value is -2.14. The van der Waals surface area contributed by atoms with E-state index in [1.54, 1.807) is 0 Å². The van der Waals surface area contributed by atoms with Crippen LogP contribution in [0.1, 0.15) is 11.1 Å². The largest absolute Gasteiger partial charge is 0.372 e. The monoisotopic (exact) mass is 489 g/mol. The zero-order valence-electron chi connectivity index (χ0n) is 16.0. The van der Waals surface area contributed by atoms with Crippen LogP contribution in [0.3, 0.4) is 0 Å². The Kier molecular flexibility index (Phi) is 8.45. The lowest BCUT2D eigenvalue weighted by Crippen LogP contribution is -2.20. The van der Waals surface area contributed by atoms with Crippen LogP contribution in [0.2, 0.25) is 0 Å². The van der Waals surface area contributed by atoms with Gasteiger partial charge in [-0.15, -0.1) is 24.8 Å². The molecule has 0 fully saturated rings. The van der Waals surface area contributed by atoms with Crippen LogP contribution in [0.4, 0.5) is 5.69 Å². The van der Waals surface area contributed by atoms with E-state index < -0.39 is 0 Å². The van der Waals surface area contributed by atoms with Gasteiger partial charge in [0.15, 0.2) is 0 Å². The summed E-state index contributed by atoms with van der Waals surface area (Å²) in [6.07, 6.45) is 7.97. The molecule has 1 aliphatic heterocycles. The van der Waals surface area contributed by atoms with Crippen LogP contribution in [-0.2, 0) is 0 Å². The van der Waals surface area contributed by atoms with Gasteiger partial charge in [0.1, 0.15) is 0 Å². The Morgan fingerprint density at radius 3 is 2.48 bits per heavy atom. The van der Waals surface area contributed by atoms with Crippen LogP contribution in [0.25, 0.3) is 17.2 Å². The Morgan fingerprint density at radius 1 is 0.931 bits per heavy atom. The van der Waals surface area contributed by atoms with E-state index in [-0.39, 0.29) is 24.8 Å². The number of likely N-dealkylation sites (N-methyl/N-ethyl adjacent to an activating group) is 1. The highest BCUT2D eigenvalue weighted by Crippen LogP contribution is 2.27. The molecule has 0 spiro atoms. The quantitative estimate of drug-likeness (QED) is 0.430. The fourth-order valence-corrected chi connectivity index (χ4v) is 3.56. The lowest BCUT2D eigenvalue weighted by molar-refractivity contribution is 0.897. The SMILES string of the molecule is CN1CCN=C(C=Cc2cnccc2-c2ccc(Br)cc2)c2ccccc21.Cl.Cl. The highest BCUT2D eigenvalue weighted by Gasteiger charge is 2.13. The number of benzodiazepines with no additional fused rings is 1. The third kappa shape index (κ3) is 5.27. The zero-order valence-corrected chi connectivity index (χ0v) is 19.2. The number of nitrogens with zero attached hydrogens (tertiary/aromatic N) is 3. The van der Waals surface area contributed by atoms with Gasteiger partial charge >= 0.3 is 0 Å². The lowest BCUT2D eigenvalue weighted by Gasteiger charge is -2.18. The summed E-state index contributed by atoms with van der Waals surface area (Å²) in [7, 11) is 2.12. The molecule has 0 atom stereocenters. The van der Waals surface area contributed by atoms with Crippen molar-refractivity contribution >= 4 is 58.2 Å². The number of aromatic nitrogens is 1. The molecule has 150 valence electrons. The molecule has 0 radical (unpaired) electrons. The Labute approximate surface area is 192 Å². The number of aliphatic imine (C=N–C) groups is 1. The molecule has 0 saturated heterocycles. The first kappa shape index (κ1) is 23.1. The van der Waals surface area contributed by atoms with E-state index in [1.807, 2.05) is 12.4 Å². The van der Waals surface area contributed by atoms with Crippen molar-refractivity contribution in [1.29, 1.82) is 0 Å². The molecular weight excluding hydrogens is 469 g/mol. The predicted molar refractivity (Wildman–Crippen MR) is 132 cm³/mol. The van der Waals surface area contributed by atoms with Crippen LogP contribution < -0.4 is 4.90 Å². The molecule has 2 heterocycles. The third-order valence-corrected chi connectivity index (χ3v) is 5.27. The van der Waals surface area contributed by atoms with E-state index in [9.17, 15) is 0 Å². The summed E-state index contributed by atoms with van der Waals surface area (Å²) in [6.45, 7) is 1.71. The molecule has 6 heteroatoms. The first-order valence-corrected chi connectivity index (χ1v) is 9.75. The minimum atomic E-state index is 0. The number of para-hydroxylation sites is 1. The average Bonchev–Trinajstić information content (AvgIpc) is 2.86. The van der Waals surface area contributed by atoms with E-state index >= 15 is 0 Å². The highest BCUT2D eigenvalue weighted by atomic mass is 79.9. The first-order chi connectivity index (χ1) is 13.2. The number of benzene rings is 2. The van der Waals surface area contributed by atoms with Crippen LogP contribution >= 0.6 is 40.7 Å². The van der Waals surface area contributed by atoms with E-state index in [4.69, 9.17) is 4.99 Å². The van der Waals surface area contributed by atoms with Gasteiger partial charge in [-0.3, -0.25) is 9.98 Å².